The lowest BCUT2D eigenvalue weighted by Gasteiger charge is -2.05. The van der Waals surface area contributed by atoms with E-state index in [-0.39, 0.29) is 12.4 Å². The van der Waals surface area contributed by atoms with E-state index in [1.807, 2.05) is 11.3 Å². The first-order valence-corrected chi connectivity index (χ1v) is 5.54. The minimum atomic E-state index is 0. The first-order valence-electron chi connectivity index (χ1n) is 4.72. The fraction of sp³-hybridized carbons (Fsp3) is 0.600. The minimum absolute atomic E-state index is 0. The molecule has 0 amide bonds. The molecule has 0 bridgehead atoms. The van der Waals surface area contributed by atoms with E-state index in [1.54, 1.807) is 0 Å². The molecule has 0 aliphatic carbocycles. The Morgan fingerprint density at radius 2 is 2.38 bits per heavy atom. The van der Waals surface area contributed by atoms with E-state index < -0.39 is 0 Å². The van der Waals surface area contributed by atoms with Crippen molar-refractivity contribution in [3.8, 4) is 0 Å². The number of hydrogen-bond acceptors (Lipinski definition) is 2. The zero-order chi connectivity index (χ0) is 8.39. The van der Waals surface area contributed by atoms with Gasteiger partial charge in [-0.15, -0.1) is 23.7 Å². The fourth-order valence-electron chi connectivity index (χ4n) is 1.70. The van der Waals surface area contributed by atoms with Crippen molar-refractivity contribution in [2.45, 2.75) is 32.2 Å². The molecule has 3 heteroatoms. The fourth-order valence-corrected chi connectivity index (χ4v) is 2.76. The minimum Gasteiger partial charge on any atom is -0.309 e. The van der Waals surface area contributed by atoms with Crippen LogP contribution < -0.4 is 5.32 Å². The predicted molar refractivity (Wildman–Crippen MR) is 60.9 cm³/mol. The molecule has 2 rings (SSSR count). The second kappa shape index (κ2) is 4.99. The first kappa shape index (κ1) is 11.0. The molecule has 0 unspecified atom stereocenters. The molecule has 2 heterocycles. The van der Waals surface area contributed by atoms with E-state index in [9.17, 15) is 0 Å². The molecule has 74 valence electrons. The summed E-state index contributed by atoms with van der Waals surface area (Å²) >= 11 is 1.97. The van der Waals surface area contributed by atoms with Crippen LogP contribution in [0.5, 0.6) is 0 Å². The highest BCUT2D eigenvalue weighted by Crippen LogP contribution is 2.29. The van der Waals surface area contributed by atoms with Crippen molar-refractivity contribution in [1.29, 1.82) is 0 Å². The van der Waals surface area contributed by atoms with Gasteiger partial charge in [0.15, 0.2) is 0 Å². The second-order valence-electron chi connectivity index (χ2n) is 3.31. The van der Waals surface area contributed by atoms with E-state index in [1.165, 1.54) is 35.6 Å². The lowest BCUT2D eigenvalue weighted by Crippen LogP contribution is -2.11. The largest absolute Gasteiger partial charge is 0.309 e. The lowest BCUT2D eigenvalue weighted by molar-refractivity contribution is 0.660. The summed E-state index contributed by atoms with van der Waals surface area (Å²) in [7, 11) is 0. The number of aryl methyl sites for hydroxylation is 1. The standard InChI is InChI=1S/C10H15NS.ClH/c1-2-8-5-6-10(12-8)9-4-3-7-11-9;/h5-6,9,11H,2-4,7H2,1H3;1H/t9-;/m1./s1. The summed E-state index contributed by atoms with van der Waals surface area (Å²) in [6, 6.07) is 5.21. The molecule has 0 saturated carbocycles. The molecule has 1 fully saturated rings. The van der Waals surface area contributed by atoms with Crippen LogP contribution in [0.2, 0.25) is 0 Å². The second-order valence-corrected chi connectivity index (χ2v) is 4.51. The third-order valence-electron chi connectivity index (χ3n) is 2.43. The third kappa shape index (κ3) is 2.46. The smallest absolute Gasteiger partial charge is 0.0415 e. The number of nitrogens with one attached hydrogen (secondary N) is 1. The predicted octanol–water partition coefficient (Wildman–Crippen LogP) is 3.16. The van der Waals surface area contributed by atoms with Gasteiger partial charge in [0, 0.05) is 15.8 Å². The maximum atomic E-state index is 3.52. The van der Waals surface area contributed by atoms with Gasteiger partial charge in [0.1, 0.15) is 0 Å². The molecule has 1 aromatic rings. The van der Waals surface area contributed by atoms with E-state index in [4.69, 9.17) is 0 Å². The Morgan fingerprint density at radius 1 is 1.54 bits per heavy atom. The van der Waals surface area contributed by atoms with Gasteiger partial charge in [0.25, 0.3) is 0 Å². The average molecular weight is 218 g/mol. The molecule has 1 N–H and O–H groups in total. The van der Waals surface area contributed by atoms with Crippen molar-refractivity contribution in [2.24, 2.45) is 0 Å². The van der Waals surface area contributed by atoms with Gasteiger partial charge in [-0.05, 0) is 37.9 Å². The molecule has 1 saturated heterocycles. The molecule has 0 radical (unpaired) electrons. The number of rotatable bonds is 2. The monoisotopic (exact) mass is 217 g/mol. The van der Waals surface area contributed by atoms with Crippen LogP contribution in [0.4, 0.5) is 0 Å². The van der Waals surface area contributed by atoms with Crippen molar-refractivity contribution in [3.63, 3.8) is 0 Å². The van der Waals surface area contributed by atoms with Gasteiger partial charge in [-0.2, -0.15) is 0 Å². The van der Waals surface area contributed by atoms with Crippen LogP contribution in [0, 0.1) is 0 Å². The summed E-state index contributed by atoms with van der Waals surface area (Å²) in [6.07, 6.45) is 3.84. The van der Waals surface area contributed by atoms with Gasteiger partial charge in [0.05, 0.1) is 0 Å². The lowest BCUT2D eigenvalue weighted by atomic mass is 10.2. The van der Waals surface area contributed by atoms with Gasteiger partial charge < -0.3 is 5.32 Å². The van der Waals surface area contributed by atoms with E-state index in [2.05, 4.69) is 24.4 Å². The SMILES string of the molecule is CCc1ccc([C@H]2CCCN2)s1.Cl. The maximum absolute atomic E-state index is 3.52. The molecule has 1 nitrogen and oxygen atoms in total. The van der Waals surface area contributed by atoms with Crippen LogP contribution in [0.25, 0.3) is 0 Å². The molecular formula is C10H16ClNS. The van der Waals surface area contributed by atoms with E-state index in [0.717, 1.165) is 0 Å². The summed E-state index contributed by atoms with van der Waals surface area (Å²) in [5.41, 5.74) is 0. The maximum Gasteiger partial charge on any atom is 0.0415 e. The molecule has 1 atom stereocenters. The highest BCUT2D eigenvalue weighted by Gasteiger charge is 2.17. The third-order valence-corrected chi connectivity index (χ3v) is 3.78. The first-order chi connectivity index (χ1) is 5.90. The van der Waals surface area contributed by atoms with Crippen molar-refractivity contribution >= 4 is 23.7 Å². The van der Waals surface area contributed by atoms with Gasteiger partial charge in [-0.3, -0.25) is 0 Å². The Balaban J connectivity index is 0.000000845. The highest BCUT2D eigenvalue weighted by molar-refractivity contribution is 7.12. The summed E-state index contributed by atoms with van der Waals surface area (Å²) < 4.78 is 0. The van der Waals surface area contributed by atoms with Gasteiger partial charge >= 0.3 is 0 Å². The summed E-state index contributed by atoms with van der Waals surface area (Å²) in [6.45, 7) is 3.42. The number of hydrogen-bond donors (Lipinski definition) is 1. The van der Waals surface area contributed by atoms with Crippen LogP contribution in [-0.4, -0.2) is 6.54 Å². The van der Waals surface area contributed by atoms with Crippen LogP contribution in [0.1, 0.15) is 35.6 Å². The number of halogens is 1. The molecule has 13 heavy (non-hydrogen) atoms. The van der Waals surface area contributed by atoms with Crippen molar-refractivity contribution < 1.29 is 0 Å². The molecule has 0 spiro atoms. The van der Waals surface area contributed by atoms with Gasteiger partial charge in [-0.1, -0.05) is 6.92 Å². The summed E-state index contributed by atoms with van der Waals surface area (Å²) in [5, 5.41) is 3.52. The Morgan fingerprint density at radius 3 is 2.92 bits per heavy atom. The molecule has 1 aromatic heterocycles. The molecular weight excluding hydrogens is 202 g/mol. The van der Waals surface area contributed by atoms with Crippen LogP contribution in [-0.2, 0) is 6.42 Å². The molecule has 0 aromatic carbocycles. The van der Waals surface area contributed by atoms with E-state index >= 15 is 0 Å². The zero-order valence-electron chi connectivity index (χ0n) is 7.88. The van der Waals surface area contributed by atoms with Gasteiger partial charge in [-0.25, -0.2) is 0 Å². The van der Waals surface area contributed by atoms with Crippen molar-refractivity contribution in [3.05, 3.63) is 21.9 Å². The normalized spacial score (nSPS) is 21.5. The van der Waals surface area contributed by atoms with Gasteiger partial charge in [0.2, 0.25) is 0 Å². The topological polar surface area (TPSA) is 12.0 Å². The molecule has 1 aliphatic rings. The van der Waals surface area contributed by atoms with Crippen LogP contribution in [0.3, 0.4) is 0 Å². The molecule has 1 aliphatic heterocycles. The van der Waals surface area contributed by atoms with Crippen LogP contribution >= 0.6 is 23.7 Å². The Labute approximate surface area is 90.0 Å². The van der Waals surface area contributed by atoms with Crippen molar-refractivity contribution in [2.75, 3.05) is 6.54 Å². The summed E-state index contributed by atoms with van der Waals surface area (Å²) in [5.74, 6) is 0. The highest BCUT2D eigenvalue weighted by atomic mass is 35.5. The Bertz CT molecular complexity index is 253. The van der Waals surface area contributed by atoms with E-state index in [0.29, 0.717) is 6.04 Å². The number of thiophene rings is 1. The Kier molecular flexibility index (Phi) is 4.23. The van der Waals surface area contributed by atoms with Crippen molar-refractivity contribution in [1.82, 2.24) is 5.32 Å². The zero-order valence-corrected chi connectivity index (χ0v) is 9.51. The van der Waals surface area contributed by atoms with Crippen LogP contribution in [0.15, 0.2) is 12.1 Å². The quantitative estimate of drug-likeness (QED) is 0.803. The summed E-state index contributed by atoms with van der Waals surface area (Å²) in [4.78, 5) is 3.04. The average Bonchev–Trinajstić information content (AvgIpc) is 2.75. The Hall–Kier alpha value is -0.0500.